The fourth-order valence-electron chi connectivity index (χ4n) is 2.71. The van der Waals surface area contributed by atoms with Gasteiger partial charge >= 0.3 is 0 Å². The lowest BCUT2D eigenvalue weighted by Gasteiger charge is -2.08. The molecule has 0 unspecified atom stereocenters. The number of thioether (sulfide) groups is 1. The summed E-state index contributed by atoms with van der Waals surface area (Å²) in [7, 11) is 0. The van der Waals surface area contributed by atoms with Crippen molar-refractivity contribution in [3.8, 4) is 5.69 Å². The number of aromatic nitrogens is 5. The van der Waals surface area contributed by atoms with Crippen molar-refractivity contribution in [2.75, 3.05) is 0 Å². The Morgan fingerprint density at radius 1 is 1.00 bits per heavy atom. The number of para-hydroxylation sites is 1. The topological polar surface area (TPSA) is 56.5 Å². The molecule has 0 N–H and O–H groups in total. The summed E-state index contributed by atoms with van der Waals surface area (Å²) in [6.07, 6.45) is 1.83. The lowest BCUT2D eigenvalue weighted by atomic mass is 10.1. The van der Waals surface area contributed by atoms with Crippen molar-refractivity contribution in [2.24, 2.45) is 0 Å². The van der Waals surface area contributed by atoms with Gasteiger partial charge in [-0.05, 0) is 59.2 Å². The van der Waals surface area contributed by atoms with Gasteiger partial charge in [0.2, 0.25) is 5.16 Å². The highest BCUT2D eigenvalue weighted by Crippen LogP contribution is 2.26. The van der Waals surface area contributed by atoms with E-state index in [9.17, 15) is 0 Å². The number of rotatable bonds is 4. The highest BCUT2D eigenvalue weighted by Gasteiger charge is 2.11. The quantitative estimate of drug-likeness (QED) is 0.520. The van der Waals surface area contributed by atoms with Crippen LogP contribution in [0.2, 0.25) is 0 Å². The van der Waals surface area contributed by atoms with Gasteiger partial charge in [-0.2, -0.15) is 4.68 Å². The molecule has 2 heterocycles. The minimum atomic E-state index is 0.763. The summed E-state index contributed by atoms with van der Waals surface area (Å²) in [5, 5.41) is 14.1. The second kappa shape index (κ2) is 6.64. The van der Waals surface area contributed by atoms with E-state index in [-0.39, 0.29) is 0 Å². The van der Waals surface area contributed by atoms with Crippen molar-refractivity contribution < 1.29 is 0 Å². The van der Waals surface area contributed by atoms with Crippen LogP contribution < -0.4 is 0 Å². The van der Waals surface area contributed by atoms with Crippen molar-refractivity contribution in [3.63, 3.8) is 0 Å². The fourth-order valence-corrected chi connectivity index (χ4v) is 3.59. The molecular formula is C19H17N5S. The number of aryl methyl sites for hydroxylation is 2. The van der Waals surface area contributed by atoms with E-state index < -0.39 is 0 Å². The molecule has 2 aromatic carbocycles. The zero-order valence-corrected chi connectivity index (χ0v) is 14.9. The highest BCUT2D eigenvalue weighted by molar-refractivity contribution is 7.98. The number of nitrogens with zero attached hydrogens (tertiary/aromatic N) is 5. The zero-order chi connectivity index (χ0) is 17.2. The molecule has 0 aliphatic rings. The van der Waals surface area contributed by atoms with E-state index >= 15 is 0 Å². The van der Waals surface area contributed by atoms with Gasteiger partial charge in [0.05, 0.1) is 11.2 Å². The minimum Gasteiger partial charge on any atom is -0.256 e. The third-order valence-corrected chi connectivity index (χ3v) is 5.22. The predicted molar refractivity (Wildman–Crippen MR) is 99.9 cm³/mol. The Morgan fingerprint density at radius 2 is 1.88 bits per heavy atom. The van der Waals surface area contributed by atoms with Crippen molar-refractivity contribution in [3.05, 3.63) is 71.4 Å². The predicted octanol–water partition coefficient (Wildman–Crippen LogP) is 4.12. The largest absolute Gasteiger partial charge is 0.256 e. The molecule has 25 heavy (non-hydrogen) atoms. The van der Waals surface area contributed by atoms with Gasteiger partial charge in [0.25, 0.3) is 0 Å². The molecule has 0 aliphatic carbocycles. The smallest absolute Gasteiger partial charge is 0.214 e. The van der Waals surface area contributed by atoms with Crippen LogP contribution in [0.15, 0.2) is 59.9 Å². The lowest BCUT2D eigenvalue weighted by molar-refractivity contribution is 0.755. The molecule has 0 atom stereocenters. The standard InChI is InChI=1S/C19H17N5S/c1-13-8-9-17(11-14(13)2)24-19(21-22-23-24)25-12-16-6-3-5-15-7-4-10-20-18(15)16/h3-11H,12H2,1-2H3. The molecule has 124 valence electrons. The Kier molecular flexibility index (Phi) is 4.19. The summed E-state index contributed by atoms with van der Waals surface area (Å²) in [6.45, 7) is 4.19. The molecule has 0 fully saturated rings. The van der Waals surface area contributed by atoms with Crippen LogP contribution in [0.1, 0.15) is 16.7 Å². The summed E-state index contributed by atoms with van der Waals surface area (Å²) in [5.74, 6) is 0.763. The normalized spacial score (nSPS) is 11.1. The van der Waals surface area contributed by atoms with Gasteiger partial charge in [-0.15, -0.1) is 5.10 Å². The second-order valence-electron chi connectivity index (χ2n) is 5.92. The van der Waals surface area contributed by atoms with Gasteiger partial charge in [0.15, 0.2) is 0 Å². The Balaban J connectivity index is 1.62. The Morgan fingerprint density at radius 3 is 2.76 bits per heavy atom. The van der Waals surface area contributed by atoms with Gasteiger partial charge < -0.3 is 0 Å². The van der Waals surface area contributed by atoms with E-state index in [0.717, 1.165) is 27.5 Å². The number of hydrogen-bond acceptors (Lipinski definition) is 5. The first kappa shape index (κ1) is 15.8. The maximum Gasteiger partial charge on any atom is 0.214 e. The van der Waals surface area contributed by atoms with E-state index in [1.807, 2.05) is 18.3 Å². The summed E-state index contributed by atoms with van der Waals surface area (Å²) >= 11 is 1.61. The van der Waals surface area contributed by atoms with Crippen molar-refractivity contribution in [1.29, 1.82) is 0 Å². The van der Waals surface area contributed by atoms with Crippen LogP contribution in [0.4, 0.5) is 0 Å². The molecule has 0 bridgehead atoms. The van der Waals surface area contributed by atoms with Crippen molar-refractivity contribution >= 4 is 22.7 Å². The van der Waals surface area contributed by atoms with Crippen molar-refractivity contribution in [2.45, 2.75) is 24.8 Å². The fraction of sp³-hybridized carbons (Fsp3) is 0.158. The van der Waals surface area contributed by atoms with Gasteiger partial charge in [-0.25, -0.2) is 0 Å². The number of pyridine rings is 1. The molecule has 0 amide bonds. The second-order valence-corrected chi connectivity index (χ2v) is 6.87. The third kappa shape index (κ3) is 3.13. The average Bonchev–Trinajstić information content (AvgIpc) is 3.11. The first-order chi connectivity index (χ1) is 12.2. The highest BCUT2D eigenvalue weighted by atomic mass is 32.2. The SMILES string of the molecule is Cc1ccc(-n2nnnc2SCc2cccc3cccnc23)cc1C. The maximum absolute atomic E-state index is 4.51. The molecule has 4 rings (SSSR count). The van der Waals surface area contributed by atoms with Crippen LogP contribution in [-0.4, -0.2) is 25.2 Å². The Hall–Kier alpha value is -2.73. The molecule has 5 nitrogen and oxygen atoms in total. The maximum atomic E-state index is 4.51. The first-order valence-electron chi connectivity index (χ1n) is 8.04. The van der Waals surface area contributed by atoms with Gasteiger partial charge in [-0.1, -0.05) is 42.1 Å². The van der Waals surface area contributed by atoms with Crippen molar-refractivity contribution in [1.82, 2.24) is 25.2 Å². The van der Waals surface area contributed by atoms with E-state index in [0.29, 0.717) is 0 Å². The molecule has 0 saturated heterocycles. The monoisotopic (exact) mass is 347 g/mol. The molecule has 0 radical (unpaired) electrons. The molecule has 0 saturated carbocycles. The van der Waals surface area contributed by atoms with Crippen LogP contribution in [0.25, 0.3) is 16.6 Å². The van der Waals surface area contributed by atoms with Crippen LogP contribution in [0.5, 0.6) is 0 Å². The summed E-state index contributed by atoms with van der Waals surface area (Å²) in [6, 6.07) is 16.5. The molecule has 4 aromatic rings. The van der Waals surface area contributed by atoms with E-state index in [4.69, 9.17) is 0 Å². The van der Waals surface area contributed by atoms with Gasteiger partial charge in [0.1, 0.15) is 0 Å². The molecule has 2 aromatic heterocycles. The lowest BCUT2D eigenvalue weighted by Crippen LogP contribution is -2.00. The summed E-state index contributed by atoms with van der Waals surface area (Å²) < 4.78 is 1.79. The van der Waals surface area contributed by atoms with Crippen LogP contribution in [0, 0.1) is 13.8 Å². The number of hydrogen-bond donors (Lipinski definition) is 0. The van der Waals surface area contributed by atoms with E-state index in [1.54, 1.807) is 16.4 Å². The number of tetrazole rings is 1. The number of fused-ring (bicyclic) bond motifs is 1. The van der Waals surface area contributed by atoms with E-state index in [2.05, 4.69) is 70.8 Å². The van der Waals surface area contributed by atoms with Crippen LogP contribution in [-0.2, 0) is 5.75 Å². The van der Waals surface area contributed by atoms with Crippen LogP contribution >= 0.6 is 11.8 Å². The molecule has 0 spiro atoms. The molecular weight excluding hydrogens is 330 g/mol. The molecule has 0 aliphatic heterocycles. The van der Waals surface area contributed by atoms with E-state index in [1.165, 1.54) is 16.7 Å². The van der Waals surface area contributed by atoms with Gasteiger partial charge in [0, 0.05) is 17.3 Å². The zero-order valence-electron chi connectivity index (χ0n) is 14.0. The third-order valence-electron chi connectivity index (χ3n) is 4.25. The van der Waals surface area contributed by atoms with Gasteiger partial charge in [-0.3, -0.25) is 4.98 Å². The number of benzene rings is 2. The summed E-state index contributed by atoms with van der Waals surface area (Å²) in [4.78, 5) is 4.51. The van der Waals surface area contributed by atoms with Crippen LogP contribution in [0.3, 0.4) is 0 Å². The Bertz CT molecular complexity index is 1040. The first-order valence-corrected chi connectivity index (χ1v) is 9.02. The average molecular weight is 347 g/mol. The Labute approximate surface area is 150 Å². The summed E-state index contributed by atoms with van der Waals surface area (Å²) in [5.41, 5.74) is 5.67. The molecule has 6 heteroatoms. The minimum absolute atomic E-state index is 0.763.